The van der Waals surface area contributed by atoms with Crippen molar-refractivity contribution in [2.75, 3.05) is 14.1 Å². The van der Waals surface area contributed by atoms with Gasteiger partial charge < -0.3 is 10.2 Å². The Bertz CT molecular complexity index is 843. The Morgan fingerprint density at radius 1 is 1.23 bits per heavy atom. The number of carbonyl (C=O) groups is 2. The van der Waals surface area contributed by atoms with Crippen molar-refractivity contribution in [3.8, 4) is 0 Å². The molecular weight excluding hydrogens is 465 g/mol. The first-order chi connectivity index (χ1) is 12.3. The highest BCUT2D eigenvalue weighted by Gasteiger charge is 2.34. The van der Waals surface area contributed by atoms with Gasteiger partial charge in [-0.15, -0.1) is 0 Å². The summed E-state index contributed by atoms with van der Waals surface area (Å²) in [7, 11) is 3.58. The normalized spacial score (nSPS) is 22.8. The van der Waals surface area contributed by atoms with E-state index in [2.05, 4.69) is 32.9 Å². The van der Waals surface area contributed by atoms with E-state index in [-0.39, 0.29) is 27.7 Å². The molecule has 138 valence electrons. The van der Waals surface area contributed by atoms with Gasteiger partial charge in [0.1, 0.15) is 5.69 Å². The number of aromatic nitrogens is 1. The summed E-state index contributed by atoms with van der Waals surface area (Å²) in [6.45, 7) is 0. The van der Waals surface area contributed by atoms with Crippen molar-refractivity contribution in [2.45, 2.75) is 29.2 Å². The van der Waals surface area contributed by atoms with Gasteiger partial charge in [0.25, 0.3) is 5.91 Å². The Labute approximate surface area is 171 Å². The molecule has 1 aliphatic carbocycles. The molecule has 26 heavy (non-hydrogen) atoms. The van der Waals surface area contributed by atoms with Gasteiger partial charge in [0.2, 0.25) is 5.91 Å². The molecule has 3 rings (SSSR count). The van der Waals surface area contributed by atoms with Gasteiger partial charge in [0.05, 0.1) is 5.52 Å². The average Bonchev–Trinajstić information content (AvgIpc) is 2.62. The molecule has 5 nitrogen and oxygen atoms in total. The maximum atomic E-state index is 12.6. The third-order valence-electron chi connectivity index (χ3n) is 4.76. The highest BCUT2D eigenvalue weighted by atomic mass is 127. The second kappa shape index (κ2) is 8.08. The molecule has 0 aliphatic heterocycles. The SMILES string of the molecule is CN(C)C(=O)[C@H]1CC[C@H](NC(=O)c2ccc3cc(Cl)ccc3n2)[C@H](I)C1. The summed E-state index contributed by atoms with van der Waals surface area (Å²) in [5, 5.41) is 4.64. The molecule has 1 aliphatic rings. The highest BCUT2D eigenvalue weighted by Crippen LogP contribution is 2.31. The van der Waals surface area contributed by atoms with Crippen LogP contribution in [0.4, 0.5) is 0 Å². The molecule has 0 bridgehead atoms. The molecule has 1 aromatic carbocycles. The number of amides is 2. The Hall–Kier alpha value is -1.41. The molecule has 1 N–H and O–H groups in total. The molecule has 2 aromatic rings. The predicted molar refractivity (Wildman–Crippen MR) is 112 cm³/mol. The second-order valence-corrected chi connectivity index (χ2v) is 8.91. The van der Waals surface area contributed by atoms with E-state index in [1.807, 2.05) is 18.2 Å². The summed E-state index contributed by atoms with van der Waals surface area (Å²) < 4.78 is 0.221. The van der Waals surface area contributed by atoms with Crippen LogP contribution < -0.4 is 5.32 Å². The van der Waals surface area contributed by atoms with E-state index >= 15 is 0 Å². The number of carbonyl (C=O) groups excluding carboxylic acids is 2. The Kier molecular flexibility index (Phi) is 6.02. The lowest BCUT2D eigenvalue weighted by molar-refractivity contribution is -0.133. The fraction of sp³-hybridized carbons (Fsp3) is 0.421. The molecule has 3 atom stereocenters. The Morgan fingerprint density at radius 2 is 2.00 bits per heavy atom. The molecule has 0 unspecified atom stereocenters. The first-order valence-electron chi connectivity index (χ1n) is 8.57. The molecule has 0 saturated heterocycles. The molecule has 2 amide bonds. The minimum Gasteiger partial charge on any atom is -0.349 e. The third kappa shape index (κ3) is 4.28. The number of halogens is 2. The molecule has 0 spiro atoms. The van der Waals surface area contributed by atoms with E-state index in [0.29, 0.717) is 10.7 Å². The van der Waals surface area contributed by atoms with Crippen molar-refractivity contribution in [1.29, 1.82) is 0 Å². The van der Waals surface area contributed by atoms with Crippen LogP contribution in [0, 0.1) is 5.92 Å². The number of hydrogen-bond acceptors (Lipinski definition) is 3. The van der Waals surface area contributed by atoms with Crippen LogP contribution in [0.1, 0.15) is 29.8 Å². The van der Waals surface area contributed by atoms with E-state index in [9.17, 15) is 9.59 Å². The number of rotatable bonds is 3. The van der Waals surface area contributed by atoms with Crippen LogP contribution in [-0.4, -0.2) is 45.8 Å². The lowest BCUT2D eigenvalue weighted by Crippen LogP contribution is -2.46. The van der Waals surface area contributed by atoms with Crippen molar-refractivity contribution >= 4 is 56.9 Å². The molecule has 7 heteroatoms. The number of nitrogens with zero attached hydrogens (tertiary/aromatic N) is 2. The Morgan fingerprint density at radius 3 is 2.69 bits per heavy atom. The van der Waals surface area contributed by atoms with Crippen LogP contribution in [0.3, 0.4) is 0 Å². The lowest BCUT2D eigenvalue weighted by Gasteiger charge is -2.33. The largest absolute Gasteiger partial charge is 0.349 e. The standard InChI is InChI=1S/C19H21ClIN3O2/c1-24(2)19(26)12-4-6-16(14(21)10-12)23-18(25)17-7-3-11-9-13(20)5-8-15(11)22-17/h3,5,7-9,12,14,16H,4,6,10H2,1-2H3,(H,23,25)/t12-,14+,16-/m0/s1. The van der Waals surface area contributed by atoms with Crippen LogP contribution in [0.2, 0.25) is 5.02 Å². The summed E-state index contributed by atoms with van der Waals surface area (Å²) in [6.07, 6.45) is 2.38. The monoisotopic (exact) mass is 485 g/mol. The summed E-state index contributed by atoms with van der Waals surface area (Å²) in [5.41, 5.74) is 1.14. The molecule has 0 radical (unpaired) electrons. The lowest BCUT2D eigenvalue weighted by atomic mass is 9.85. The average molecular weight is 486 g/mol. The van der Waals surface area contributed by atoms with Gasteiger partial charge in [-0.3, -0.25) is 9.59 Å². The fourth-order valence-corrected chi connectivity index (χ4v) is 4.67. The third-order valence-corrected chi connectivity index (χ3v) is 6.37. The maximum Gasteiger partial charge on any atom is 0.270 e. The minimum atomic E-state index is -0.175. The number of pyridine rings is 1. The first-order valence-corrected chi connectivity index (χ1v) is 10.2. The molecule has 1 fully saturated rings. The van der Waals surface area contributed by atoms with Gasteiger partial charge >= 0.3 is 0 Å². The number of nitrogens with one attached hydrogen (secondary N) is 1. The van der Waals surface area contributed by atoms with E-state index in [0.717, 1.165) is 30.2 Å². The van der Waals surface area contributed by atoms with Crippen LogP contribution in [-0.2, 0) is 4.79 Å². The summed E-state index contributed by atoms with van der Waals surface area (Å²) in [5.74, 6) is 0.0424. The van der Waals surface area contributed by atoms with Gasteiger partial charge in [0.15, 0.2) is 0 Å². The van der Waals surface area contributed by atoms with Gasteiger partial charge in [-0.2, -0.15) is 0 Å². The number of benzene rings is 1. The summed E-state index contributed by atoms with van der Waals surface area (Å²) >= 11 is 8.33. The first kappa shape index (κ1) is 19.4. The minimum absolute atomic E-state index is 0.0450. The predicted octanol–water partition coefficient (Wildman–Crippen LogP) is 3.68. The van der Waals surface area contributed by atoms with Crippen molar-refractivity contribution in [1.82, 2.24) is 15.2 Å². The molecular formula is C19H21ClIN3O2. The van der Waals surface area contributed by atoms with Gasteiger partial charge in [0, 0.05) is 40.4 Å². The smallest absolute Gasteiger partial charge is 0.270 e. The summed E-state index contributed by atoms with van der Waals surface area (Å²) in [6, 6.07) is 9.04. The van der Waals surface area contributed by atoms with Gasteiger partial charge in [-0.05, 0) is 43.5 Å². The summed E-state index contributed by atoms with van der Waals surface area (Å²) in [4.78, 5) is 30.9. The topological polar surface area (TPSA) is 62.3 Å². The fourth-order valence-electron chi connectivity index (χ4n) is 3.33. The maximum absolute atomic E-state index is 12.6. The zero-order valence-corrected chi connectivity index (χ0v) is 17.6. The van der Waals surface area contributed by atoms with Crippen molar-refractivity contribution in [2.24, 2.45) is 5.92 Å². The number of alkyl halides is 1. The van der Waals surface area contributed by atoms with Crippen molar-refractivity contribution in [3.63, 3.8) is 0 Å². The molecule has 1 heterocycles. The van der Waals surface area contributed by atoms with Crippen LogP contribution in [0.5, 0.6) is 0 Å². The van der Waals surface area contributed by atoms with Crippen molar-refractivity contribution in [3.05, 3.63) is 41.0 Å². The van der Waals surface area contributed by atoms with E-state index < -0.39 is 0 Å². The van der Waals surface area contributed by atoms with E-state index in [1.54, 1.807) is 31.1 Å². The highest BCUT2D eigenvalue weighted by molar-refractivity contribution is 14.1. The van der Waals surface area contributed by atoms with E-state index in [4.69, 9.17) is 11.6 Å². The number of hydrogen-bond donors (Lipinski definition) is 1. The van der Waals surface area contributed by atoms with Crippen molar-refractivity contribution < 1.29 is 9.59 Å². The second-order valence-electron chi connectivity index (χ2n) is 6.87. The zero-order valence-electron chi connectivity index (χ0n) is 14.7. The van der Waals surface area contributed by atoms with Gasteiger partial charge in [-0.1, -0.05) is 40.3 Å². The van der Waals surface area contributed by atoms with Crippen LogP contribution in [0.25, 0.3) is 10.9 Å². The van der Waals surface area contributed by atoms with E-state index in [1.165, 1.54) is 0 Å². The van der Waals surface area contributed by atoms with Gasteiger partial charge in [-0.25, -0.2) is 4.98 Å². The number of fused-ring (bicyclic) bond motifs is 1. The Balaban J connectivity index is 1.67. The molecule has 1 saturated carbocycles. The zero-order chi connectivity index (χ0) is 18.8. The molecule has 1 aromatic heterocycles. The van der Waals surface area contributed by atoms with Crippen LogP contribution >= 0.6 is 34.2 Å². The quantitative estimate of drug-likeness (QED) is 0.533. The van der Waals surface area contributed by atoms with Crippen LogP contribution in [0.15, 0.2) is 30.3 Å².